The van der Waals surface area contributed by atoms with Gasteiger partial charge in [-0.05, 0) is 54.4 Å². The van der Waals surface area contributed by atoms with E-state index in [1.165, 1.54) is 0 Å². The highest BCUT2D eigenvalue weighted by molar-refractivity contribution is 7.93. The Balaban J connectivity index is 3.52. The van der Waals surface area contributed by atoms with Crippen LogP contribution in [-0.2, 0) is 33.9 Å². The quantitative estimate of drug-likeness (QED) is 0.390. The Hall–Kier alpha value is -0.220. The van der Waals surface area contributed by atoms with Crippen molar-refractivity contribution in [2.75, 3.05) is 51.1 Å². The number of sulfone groups is 2. The van der Waals surface area contributed by atoms with Gasteiger partial charge in [-0.1, -0.05) is 0 Å². The molecule has 0 unspecified atom stereocenters. The Labute approximate surface area is 166 Å². The third-order valence-corrected chi connectivity index (χ3v) is 9.40. The molecule has 0 saturated carbocycles. The summed E-state index contributed by atoms with van der Waals surface area (Å²) < 4.78 is 62.3. The molecule has 9 heteroatoms. The van der Waals surface area contributed by atoms with E-state index in [2.05, 4.69) is 0 Å². The molecule has 0 radical (unpaired) electrons. The molecule has 0 atom stereocenters. The first kappa shape index (κ1) is 26.8. The van der Waals surface area contributed by atoms with Gasteiger partial charge in [0.25, 0.3) is 0 Å². The van der Waals surface area contributed by atoms with E-state index in [-0.39, 0.29) is 11.5 Å². The maximum absolute atomic E-state index is 11.9. The predicted octanol–water partition coefficient (Wildman–Crippen LogP) is 2.24. The minimum Gasteiger partial charge on any atom is -0.379 e. The zero-order chi connectivity index (χ0) is 21.2. The van der Waals surface area contributed by atoms with Crippen LogP contribution in [0.5, 0.6) is 0 Å². The second kappa shape index (κ2) is 11.7. The van der Waals surface area contributed by atoms with Gasteiger partial charge in [-0.25, -0.2) is 16.8 Å². The lowest BCUT2D eigenvalue weighted by Crippen LogP contribution is -2.30. The van der Waals surface area contributed by atoms with E-state index < -0.39 is 29.2 Å². The summed E-state index contributed by atoms with van der Waals surface area (Å²) in [6.07, 6.45) is 0.945. The van der Waals surface area contributed by atoms with E-state index in [1.807, 2.05) is 0 Å². The summed E-state index contributed by atoms with van der Waals surface area (Å²) in [5, 5.41) is 0. The second-order valence-corrected chi connectivity index (χ2v) is 14.1. The summed E-state index contributed by atoms with van der Waals surface area (Å²) in [5.74, 6) is 0.242. The van der Waals surface area contributed by atoms with E-state index in [9.17, 15) is 16.8 Å². The Bertz CT molecular complexity index is 543. The SMILES string of the molecule is CC(C)(C)S(=O)(=O)CCCOCCOCCOCCCS(=O)(=O)C(C)(C)C. The van der Waals surface area contributed by atoms with Gasteiger partial charge in [0.1, 0.15) is 0 Å². The van der Waals surface area contributed by atoms with Crippen molar-refractivity contribution in [1.29, 1.82) is 0 Å². The average molecular weight is 431 g/mol. The Morgan fingerprint density at radius 2 is 0.778 bits per heavy atom. The molecule has 0 amide bonds. The van der Waals surface area contributed by atoms with Crippen LogP contribution in [0.3, 0.4) is 0 Å². The predicted molar refractivity (Wildman–Crippen MR) is 109 cm³/mol. The van der Waals surface area contributed by atoms with Crippen LogP contribution in [0.15, 0.2) is 0 Å². The third-order valence-electron chi connectivity index (χ3n) is 4.01. The van der Waals surface area contributed by atoms with Crippen LogP contribution in [0.4, 0.5) is 0 Å². The summed E-state index contributed by atoms with van der Waals surface area (Å²) in [6.45, 7) is 12.6. The molecule has 0 rings (SSSR count). The van der Waals surface area contributed by atoms with E-state index in [0.717, 1.165) is 0 Å². The van der Waals surface area contributed by atoms with Crippen molar-refractivity contribution >= 4 is 19.7 Å². The van der Waals surface area contributed by atoms with Crippen molar-refractivity contribution in [2.45, 2.75) is 63.9 Å². The third kappa shape index (κ3) is 11.4. The topological polar surface area (TPSA) is 96.0 Å². The molecular formula is C18H38O7S2. The number of ether oxygens (including phenoxy) is 3. The van der Waals surface area contributed by atoms with Crippen molar-refractivity contribution in [2.24, 2.45) is 0 Å². The van der Waals surface area contributed by atoms with E-state index in [1.54, 1.807) is 41.5 Å². The first-order chi connectivity index (χ1) is 12.2. The molecule has 0 bridgehead atoms. The Morgan fingerprint density at radius 1 is 0.519 bits per heavy atom. The fourth-order valence-electron chi connectivity index (χ4n) is 1.86. The molecule has 164 valence electrons. The average Bonchev–Trinajstić information content (AvgIpc) is 2.49. The van der Waals surface area contributed by atoms with Crippen LogP contribution in [0.2, 0.25) is 0 Å². The molecule has 0 aromatic heterocycles. The number of rotatable bonds is 14. The zero-order valence-corrected chi connectivity index (χ0v) is 19.4. The first-order valence-corrected chi connectivity index (χ1v) is 12.7. The molecular weight excluding hydrogens is 392 g/mol. The summed E-state index contributed by atoms with van der Waals surface area (Å²) in [6, 6.07) is 0. The molecule has 0 N–H and O–H groups in total. The van der Waals surface area contributed by atoms with Crippen LogP contribution in [0.25, 0.3) is 0 Å². The minimum atomic E-state index is -3.09. The lowest BCUT2D eigenvalue weighted by Gasteiger charge is -2.19. The lowest BCUT2D eigenvalue weighted by molar-refractivity contribution is 0.0149. The molecule has 0 aliphatic carbocycles. The minimum absolute atomic E-state index is 0.121. The fourth-order valence-corrected chi connectivity index (χ4v) is 4.08. The highest BCUT2D eigenvalue weighted by Crippen LogP contribution is 2.17. The smallest absolute Gasteiger partial charge is 0.155 e. The maximum Gasteiger partial charge on any atom is 0.155 e. The monoisotopic (exact) mass is 430 g/mol. The first-order valence-electron chi connectivity index (χ1n) is 9.38. The van der Waals surface area contributed by atoms with E-state index >= 15 is 0 Å². The van der Waals surface area contributed by atoms with Crippen LogP contribution < -0.4 is 0 Å². The van der Waals surface area contributed by atoms with Crippen molar-refractivity contribution in [3.63, 3.8) is 0 Å². The van der Waals surface area contributed by atoms with Gasteiger partial charge in [0, 0.05) is 13.2 Å². The fraction of sp³-hybridized carbons (Fsp3) is 1.00. The Morgan fingerprint density at radius 3 is 1.04 bits per heavy atom. The second-order valence-electron chi connectivity index (χ2n) is 8.41. The van der Waals surface area contributed by atoms with Crippen LogP contribution in [0, 0.1) is 0 Å². The molecule has 0 aromatic rings. The van der Waals surface area contributed by atoms with E-state index in [4.69, 9.17) is 14.2 Å². The van der Waals surface area contributed by atoms with Gasteiger partial charge in [-0.2, -0.15) is 0 Å². The van der Waals surface area contributed by atoms with Gasteiger partial charge in [0.15, 0.2) is 19.7 Å². The highest BCUT2D eigenvalue weighted by atomic mass is 32.2. The van der Waals surface area contributed by atoms with Gasteiger partial charge in [-0.15, -0.1) is 0 Å². The number of hydrogen-bond acceptors (Lipinski definition) is 7. The molecule has 0 spiro atoms. The highest BCUT2D eigenvalue weighted by Gasteiger charge is 2.28. The normalized spacial score (nSPS) is 13.9. The summed E-state index contributed by atoms with van der Waals surface area (Å²) in [5.41, 5.74) is 0. The molecule has 7 nitrogen and oxygen atoms in total. The van der Waals surface area contributed by atoms with Gasteiger partial charge in [0.2, 0.25) is 0 Å². The largest absolute Gasteiger partial charge is 0.379 e. The molecule has 0 aliphatic heterocycles. The van der Waals surface area contributed by atoms with E-state index in [0.29, 0.717) is 52.5 Å². The lowest BCUT2D eigenvalue weighted by atomic mass is 10.3. The molecule has 0 fully saturated rings. The van der Waals surface area contributed by atoms with Crippen molar-refractivity contribution in [1.82, 2.24) is 0 Å². The van der Waals surface area contributed by atoms with Gasteiger partial charge in [-0.3, -0.25) is 0 Å². The van der Waals surface area contributed by atoms with Gasteiger partial charge < -0.3 is 14.2 Å². The van der Waals surface area contributed by atoms with Crippen LogP contribution in [-0.4, -0.2) is 77.5 Å². The standard InChI is InChI=1S/C18H38O7S2/c1-17(2,3)26(19,20)15-7-9-23-11-13-25-14-12-24-10-8-16-27(21,22)18(4,5)6/h7-16H2,1-6H3. The van der Waals surface area contributed by atoms with Gasteiger partial charge in [0.05, 0.1) is 47.4 Å². The van der Waals surface area contributed by atoms with Crippen molar-refractivity contribution in [3.8, 4) is 0 Å². The number of hydrogen-bond donors (Lipinski definition) is 0. The molecule has 0 aliphatic rings. The van der Waals surface area contributed by atoms with Crippen LogP contribution in [0.1, 0.15) is 54.4 Å². The summed E-state index contributed by atoms with van der Waals surface area (Å²) in [4.78, 5) is 0. The molecule has 27 heavy (non-hydrogen) atoms. The molecule has 0 saturated heterocycles. The van der Waals surface area contributed by atoms with Crippen LogP contribution >= 0.6 is 0 Å². The van der Waals surface area contributed by atoms with Crippen molar-refractivity contribution < 1.29 is 31.0 Å². The molecule has 0 aromatic carbocycles. The summed E-state index contributed by atoms with van der Waals surface area (Å²) >= 11 is 0. The van der Waals surface area contributed by atoms with Gasteiger partial charge >= 0.3 is 0 Å². The Kier molecular flexibility index (Phi) is 11.6. The summed E-state index contributed by atoms with van der Waals surface area (Å²) in [7, 11) is -6.19. The zero-order valence-electron chi connectivity index (χ0n) is 17.7. The van der Waals surface area contributed by atoms with Crippen molar-refractivity contribution in [3.05, 3.63) is 0 Å². The molecule has 0 heterocycles. The maximum atomic E-state index is 11.9.